The monoisotopic (exact) mass is 253 g/mol. The molecule has 0 aliphatic carbocycles. The van der Waals surface area contributed by atoms with Crippen LogP contribution in [0.4, 0.5) is 0 Å². The molecule has 2 atom stereocenters. The maximum absolute atomic E-state index is 9.52. The minimum absolute atomic E-state index is 0.157. The van der Waals surface area contributed by atoms with E-state index in [2.05, 4.69) is 16.9 Å². The molecule has 1 N–H and O–H groups in total. The fourth-order valence-corrected chi connectivity index (χ4v) is 2.41. The number of aryl methyl sites for hydroxylation is 1. The van der Waals surface area contributed by atoms with Gasteiger partial charge in [-0.1, -0.05) is 0 Å². The highest BCUT2D eigenvalue weighted by molar-refractivity contribution is 5.21. The Morgan fingerprint density at radius 2 is 2.39 bits per heavy atom. The zero-order valence-corrected chi connectivity index (χ0v) is 11.5. The molecule has 2 rings (SSSR count). The van der Waals surface area contributed by atoms with Crippen LogP contribution in [0.3, 0.4) is 0 Å². The van der Waals surface area contributed by atoms with Gasteiger partial charge in [0.25, 0.3) is 0 Å². The Morgan fingerprint density at radius 1 is 1.61 bits per heavy atom. The minimum atomic E-state index is -0.157. The first-order valence-electron chi connectivity index (χ1n) is 6.69. The number of rotatable bonds is 5. The quantitative estimate of drug-likeness (QED) is 0.857. The second-order valence-electron chi connectivity index (χ2n) is 5.08. The molecule has 18 heavy (non-hydrogen) atoms. The Bertz CT molecular complexity index is 392. The van der Waals surface area contributed by atoms with Crippen molar-refractivity contribution in [2.75, 3.05) is 26.2 Å². The van der Waals surface area contributed by atoms with E-state index in [0.29, 0.717) is 12.6 Å². The third-order valence-electron chi connectivity index (χ3n) is 3.37. The average molecular weight is 253 g/mol. The van der Waals surface area contributed by atoms with Crippen molar-refractivity contribution in [3.63, 3.8) is 0 Å². The van der Waals surface area contributed by atoms with Gasteiger partial charge < -0.3 is 9.84 Å². The molecular weight excluding hydrogens is 230 g/mol. The summed E-state index contributed by atoms with van der Waals surface area (Å²) in [5, 5.41) is 14.0. The summed E-state index contributed by atoms with van der Waals surface area (Å²) in [6.07, 6.45) is 2.76. The summed E-state index contributed by atoms with van der Waals surface area (Å²) in [7, 11) is 0. The smallest absolute Gasteiger partial charge is 0.235 e. The van der Waals surface area contributed by atoms with Gasteiger partial charge in [-0.3, -0.25) is 9.58 Å². The Morgan fingerprint density at radius 3 is 3.00 bits per heavy atom. The summed E-state index contributed by atoms with van der Waals surface area (Å²) in [6.45, 7) is 9.45. The van der Waals surface area contributed by atoms with E-state index >= 15 is 0 Å². The lowest BCUT2D eigenvalue weighted by molar-refractivity contribution is 0.170. The maximum atomic E-state index is 9.52. The molecule has 5 heteroatoms. The van der Waals surface area contributed by atoms with Gasteiger partial charge in [0.2, 0.25) is 5.88 Å². The van der Waals surface area contributed by atoms with E-state index in [1.807, 2.05) is 24.7 Å². The van der Waals surface area contributed by atoms with Crippen LogP contribution in [-0.2, 0) is 0 Å². The van der Waals surface area contributed by atoms with Gasteiger partial charge in [0, 0.05) is 31.4 Å². The van der Waals surface area contributed by atoms with Crippen LogP contribution in [0.2, 0.25) is 0 Å². The highest BCUT2D eigenvalue weighted by atomic mass is 16.5. The first kappa shape index (κ1) is 13.4. The summed E-state index contributed by atoms with van der Waals surface area (Å²) in [6, 6.07) is 0.295. The van der Waals surface area contributed by atoms with E-state index < -0.39 is 0 Å². The lowest BCUT2D eigenvalue weighted by Crippen LogP contribution is -2.29. The molecule has 1 fully saturated rings. The van der Waals surface area contributed by atoms with Crippen LogP contribution in [0.1, 0.15) is 31.9 Å². The number of aromatic nitrogens is 2. The van der Waals surface area contributed by atoms with Crippen LogP contribution in [0, 0.1) is 6.92 Å². The molecule has 1 aromatic heterocycles. The molecule has 5 nitrogen and oxygen atoms in total. The van der Waals surface area contributed by atoms with Crippen molar-refractivity contribution < 1.29 is 9.84 Å². The highest BCUT2D eigenvalue weighted by Crippen LogP contribution is 2.19. The van der Waals surface area contributed by atoms with Crippen molar-refractivity contribution >= 4 is 0 Å². The van der Waals surface area contributed by atoms with Crippen LogP contribution < -0.4 is 4.74 Å². The fourth-order valence-electron chi connectivity index (χ4n) is 2.41. The number of hydrogen-bond acceptors (Lipinski definition) is 4. The van der Waals surface area contributed by atoms with Crippen LogP contribution >= 0.6 is 0 Å². The number of aliphatic hydroxyl groups is 1. The number of ether oxygens (including phenoxy) is 1. The van der Waals surface area contributed by atoms with Crippen molar-refractivity contribution in [2.24, 2.45) is 0 Å². The number of β-amino-alcohol motifs (C(OH)–C–C–N with tert-alkyl or cyclic N) is 1. The van der Waals surface area contributed by atoms with E-state index in [4.69, 9.17) is 4.74 Å². The molecule has 1 aliphatic heterocycles. The third kappa shape index (κ3) is 3.03. The first-order valence-corrected chi connectivity index (χ1v) is 6.69. The van der Waals surface area contributed by atoms with Crippen molar-refractivity contribution in [2.45, 2.75) is 39.3 Å². The summed E-state index contributed by atoms with van der Waals surface area (Å²) >= 11 is 0. The molecule has 0 radical (unpaired) electrons. The van der Waals surface area contributed by atoms with Gasteiger partial charge in [0.05, 0.1) is 18.8 Å². The van der Waals surface area contributed by atoms with Crippen LogP contribution in [-0.4, -0.2) is 52.1 Å². The Labute approximate surface area is 108 Å². The van der Waals surface area contributed by atoms with E-state index in [-0.39, 0.29) is 6.10 Å². The standard InChI is InChI=1S/C13H23N3O2/c1-4-18-13-10(2)7-16(14-13)11(3)8-15-6-5-12(17)9-15/h7,11-12,17H,4-6,8-9H2,1-3H3. The molecule has 102 valence electrons. The Balaban J connectivity index is 1.95. The Hall–Kier alpha value is -1.07. The van der Waals surface area contributed by atoms with Crippen LogP contribution in [0.15, 0.2) is 6.20 Å². The lowest BCUT2D eigenvalue weighted by Gasteiger charge is -2.20. The molecule has 2 unspecified atom stereocenters. The van der Waals surface area contributed by atoms with E-state index in [9.17, 15) is 5.11 Å². The molecule has 0 amide bonds. The van der Waals surface area contributed by atoms with Crippen LogP contribution in [0.25, 0.3) is 0 Å². The van der Waals surface area contributed by atoms with Gasteiger partial charge in [-0.25, -0.2) is 0 Å². The number of hydrogen-bond donors (Lipinski definition) is 1. The first-order chi connectivity index (χ1) is 8.60. The molecule has 0 bridgehead atoms. The molecule has 1 saturated heterocycles. The van der Waals surface area contributed by atoms with Crippen molar-refractivity contribution in [1.29, 1.82) is 0 Å². The second-order valence-corrected chi connectivity index (χ2v) is 5.08. The average Bonchev–Trinajstić information content (AvgIpc) is 2.87. The molecule has 2 heterocycles. The number of aliphatic hydroxyl groups excluding tert-OH is 1. The third-order valence-corrected chi connectivity index (χ3v) is 3.37. The Kier molecular flexibility index (Phi) is 4.24. The van der Waals surface area contributed by atoms with Gasteiger partial charge in [0.15, 0.2) is 0 Å². The SMILES string of the molecule is CCOc1nn(C(C)CN2CCC(O)C2)cc1C. The van der Waals surface area contributed by atoms with Gasteiger partial charge in [-0.15, -0.1) is 5.10 Å². The van der Waals surface area contributed by atoms with Gasteiger partial charge >= 0.3 is 0 Å². The molecule has 0 aromatic carbocycles. The van der Waals surface area contributed by atoms with Gasteiger partial charge in [-0.05, 0) is 27.2 Å². The fraction of sp³-hybridized carbons (Fsp3) is 0.769. The summed E-state index contributed by atoms with van der Waals surface area (Å²) in [5.74, 6) is 0.728. The van der Waals surface area contributed by atoms with Crippen LogP contribution in [0.5, 0.6) is 5.88 Å². The largest absolute Gasteiger partial charge is 0.477 e. The topological polar surface area (TPSA) is 50.5 Å². The zero-order chi connectivity index (χ0) is 13.1. The van der Waals surface area contributed by atoms with Crippen molar-refractivity contribution in [3.05, 3.63) is 11.8 Å². The molecule has 1 aromatic rings. The lowest BCUT2D eigenvalue weighted by atomic mass is 10.3. The van der Waals surface area contributed by atoms with E-state index in [1.165, 1.54) is 0 Å². The number of likely N-dealkylation sites (tertiary alicyclic amines) is 1. The van der Waals surface area contributed by atoms with Crippen molar-refractivity contribution in [1.82, 2.24) is 14.7 Å². The van der Waals surface area contributed by atoms with E-state index in [1.54, 1.807) is 0 Å². The normalized spacial score (nSPS) is 22.3. The minimum Gasteiger partial charge on any atom is -0.477 e. The van der Waals surface area contributed by atoms with Gasteiger partial charge in [0.1, 0.15) is 0 Å². The molecule has 0 spiro atoms. The zero-order valence-electron chi connectivity index (χ0n) is 11.5. The highest BCUT2D eigenvalue weighted by Gasteiger charge is 2.22. The van der Waals surface area contributed by atoms with Gasteiger partial charge in [-0.2, -0.15) is 0 Å². The molecule has 0 saturated carbocycles. The summed E-state index contributed by atoms with van der Waals surface area (Å²) in [4.78, 5) is 2.28. The maximum Gasteiger partial charge on any atom is 0.235 e. The summed E-state index contributed by atoms with van der Waals surface area (Å²) < 4.78 is 7.43. The summed E-state index contributed by atoms with van der Waals surface area (Å²) in [5.41, 5.74) is 1.07. The van der Waals surface area contributed by atoms with Crippen molar-refractivity contribution in [3.8, 4) is 5.88 Å². The predicted octanol–water partition coefficient (Wildman–Crippen LogP) is 1.22. The number of nitrogens with zero attached hydrogens (tertiary/aromatic N) is 3. The molecular formula is C13H23N3O2. The van der Waals surface area contributed by atoms with E-state index in [0.717, 1.165) is 37.5 Å². The predicted molar refractivity (Wildman–Crippen MR) is 69.9 cm³/mol. The molecule has 1 aliphatic rings. The second kappa shape index (κ2) is 5.71.